The number of hydrogen-bond acceptors (Lipinski definition) is 4. The summed E-state index contributed by atoms with van der Waals surface area (Å²) in [5.74, 6) is -1.60. The maximum atomic E-state index is 13.4. The molecular formula is C34H40F3N3O4. The van der Waals surface area contributed by atoms with E-state index >= 15 is 0 Å². The highest BCUT2D eigenvalue weighted by atomic mass is 19.4. The van der Waals surface area contributed by atoms with Crippen molar-refractivity contribution >= 4 is 17.7 Å². The molecule has 7 nitrogen and oxygen atoms in total. The van der Waals surface area contributed by atoms with Crippen molar-refractivity contribution in [1.29, 1.82) is 0 Å². The van der Waals surface area contributed by atoms with Crippen molar-refractivity contribution < 1.29 is 32.3 Å². The van der Waals surface area contributed by atoms with Gasteiger partial charge in [-0.05, 0) is 60.4 Å². The fourth-order valence-electron chi connectivity index (χ4n) is 4.80. The summed E-state index contributed by atoms with van der Waals surface area (Å²) in [6.07, 6.45) is -2.34. The Morgan fingerprint density at radius 2 is 1.43 bits per heavy atom. The Hall–Kier alpha value is -4.34. The predicted octanol–water partition coefficient (Wildman–Crippen LogP) is 5.53. The van der Waals surface area contributed by atoms with Crippen LogP contribution < -0.4 is 20.7 Å². The molecule has 44 heavy (non-hydrogen) atoms. The van der Waals surface area contributed by atoms with Gasteiger partial charge in [0.1, 0.15) is 11.8 Å². The van der Waals surface area contributed by atoms with Gasteiger partial charge in [0.05, 0.1) is 6.42 Å². The lowest BCUT2D eigenvalue weighted by molar-refractivity contribution is -0.274. The van der Waals surface area contributed by atoms with Gasteiger partial charge in [0.25, 0.3) is 0 Å². The molecule has 0 spiro atoms. The fourth-order valence-corrected chi connectivity index (χ4v) is 4.80. The van der Waals surface area contributed by atoms with Crippen molar-refractivity contribution in [3.05, 3.63) is 102 Å². The zero-order valence-corrected chi connectivity index (χ0v) is 25.0. The minimum Gasteiger partial charge on any atom is -0.406 e. The van der Waals surface area contributed by atoms with Gasteiger partial charge >= 0.3 is 6.36 Å². The van der Waals surface area contributed by atoms with Crippen LogP contribution in [0.1, 0.15) is 49.8 Å². The van der Waals surface area contributed by atoms with Gasteiger partial charge in [-0.1, -0.05) is 86.6 Å². The first-order chi connectivity index (χ1) is 21.0. The Morgan fingerprint density at radius 3 is 2.07 bits per heavy atom. The first-order valence-electron chi connectivity index (χ1n) is 14.8. The quantitative estimate of drug-likeness (QED) is 0.199. The SMILES string of the molecule is CC(C)C(NC(=O)Cc1cccc(OC(F)(F)F)c1)C(=O)N[C@H](CCCC(=O)NCCc1ccccc1)Cc1ccccc1. The van der Waals surface area contributed by atoms with Gasteiger partial charge in [-0.15, -0.1) is 13.2 Å². The first kappa shape index (κ1) is 34.2. The summed E-state index contributed by atoms with van der Waals surface area (Å²) in [6.45, 7) is 4.14. The van der Waals surface area contributed by atoms with E-state index in [4.69, 9.17) is 0 Å². The zero-order valence-electron chi connectivity index (χ0n) is 25.0. The second kappa shape index (κ2) is 17.1. The van der Waals surface area contributed by atoms with E-state index in [2.05, 4.69) is 20.7 Å². The highest BCUT2D eigenvalue weighted by Gasteiger charge is 2.31. The molecule has 3 aromatic carbocycles. The van der Waals surface area contributed by atoms with Crippen molar-refractivity contribution in [1.82, 2.24) is 16.0 Å². The Kier molecular flexibility index (Phi) is 13.3. The van der Waals surface area contributed by atoms with Crippen LogP contribution in [-0.4, -0.2) is 42.7 Å². The summed E-state index contributed by atoms with van der Waals surface area (Å²) in [6, 6.07) is 23.6. The van der Waals surface area contributed by atoms with Gasteiger partial charge in [0.2, 0.25) is 17.7 Å². The number of benzene rings is 3. The van der Waals surface area contributed by atoms with E-state index < -0.39 is 24.1 Å². The summed E-state index contributed by atoms with van der Waals surface area (Å²) in [5.41, 5.74) is 2.49. The van der Waals surface area contributed by atoms with Crippen molar-refractivity contribution in [2.45, 2.75) is 70.8 Å². The summed E-state index contributed by atoms with van der Waals surface area (Å²) < 4.78 is 41.7. The predicted molar refractivity (Wildman–Crippen MR) is 163 cm³/mol. The summed E-state index contributed by atoms with van der Waals surface area (Å²) in [5, 5.41) is 8.74. The third-order valence-electron chi connectivity index (χ3n) is 6.97. The Morgan fingerprint density at radius 1 is 0.795 bits per heavy atom. The van der Waals surface area contributed by atoms with Crippen LogP contribution in [-0.2, 0) is 33.6 Å². The molecular weight excluding hydrogens is 571 g/mol. The largest absolute Gasteiger partial charge is 0.573 e. The molecule has 236 valence electrons. The third kappa shape index (κ3) is 12.9. The molecule has 0 aliphatic rings. The molecule has 10 heteroatoms. The molecule has 3 amide bonds. The molecule has 3 N–H and O–H groups in total. The number of amides is 3. The Labute approximate surface area is 256 Å². The number of carbonyl (C=O) groups excluding carboxylic acids is 3. The molecule has 0 saturated carbocycles. The van der Waals surface area contributed by atoms with E-state index in [1.165, 1.54) is 12.1 Å². The smallest absolute Gasteiger partial charge is 0.406 e. The monoisotopic (exact) mass is 611 g/mol. The van der Waals surface area contributed by atoms with Gasteiger partial charge < -0.3 is 20.7 Å². The molecule has 0 bridgehead atoms. The Bertz CT molecular complexity index is 1330. The number of carbonyl (C=O) groups is 3. The molecule has 0 aromatic heterocycles. The van der Waals surface area contributed by atoms with Gasteiger partial charge in [-0.2, -0.15) is 0 Å². The van der Waals surface area contributed by atoms with Crippen LogP contribution in [0, 0.1) is 5.92 Å². The highest BCUT2D eigenvalue weighted by molar-refractivity contribution is 5.88. The molecule has 1 unspecified atom stereocenters. The number of nitrogens with one attached hydrogen (secondary N) is 3. The zero-order chi connectivity index (χ0) is 32.0. The van der Waals surface area contributed by atoms with Crippen molar-refractivity contribution in [2.24, 2.45) is 5.92 Å². The number of rotatable bonds is 16. The standard InChI is InChI=1S/C34H40F3N3O4/c1-24(2)32(40-31(42)23-27-15-9-17-29(22-27)44-34(35,36)37)33(43)39-28(21-26-13-7-4-8-14-26)16-10-18-30(41)38-20-19-25-11-5-3-6-12-25/h3-9,11-15,17,22,24,28,32H,10,16,18-21,23H2,1-2H3,(H,38,41)(H,39,43)(H,40,42)/t28-,32?/m1/s1. The van der Waals surface area contributed by atoms with E-state index in [0.29, 0.717) is 37.8 Å². The minimum absolute atomic E-state index is 0.0530. The molecule has 2 atom stereocenters. The fraction of sp³-hybridized carbons (Fsp3) is 0.382. The van der Waals surface area contributed by atoms with Crippen LogP contribution in [0.15, 0.2) is 84.9 Å². The molecule has 0 aliphatic carbocycles. The van der Waals surface area contributed by atoms with Crippen molar-refractivity contribution in [3.63, 3.8) is 0 Å². The number of halogens is 3. The molecule has 3 rings (SSSR count). The van der Waals surface area contributed by atoms with Crippen molar-refractivity contribution in [3.8, 4) is 5.75 Å². The van der Waals surface area contributed by atoms with Crippen LogP contribution in [0.25, 0.3) is 0 Å². The van der Waals surface area contributed by atoms with Crippen LogP contribution in [0.4, 0.5) is 13.2 Å². The summed E-state index contributed by atoms with van der Waals surface area (Å²) in [7, 11) is 0. The summed E-state index contributed by atoms with van der Waals surface area (Å²) >= 11 is 0. The van der Waals surface area contributed by atoms with Gasteiger partial charge in [-0.25, -0.2) is 0 Å². The summed E-state index contributed by atoms with van der Waals surface area (Å²) in [4.78, 5) is 38.7. The number of hydrogen-bond donors (Lipinski definition) is 3. The normalized spacial score (nSPS) is 12.7. The van der Waals surface area contributed by atoms with E-state index in [1.54, 1.807) is 13.8 Å². The number of ether oxygens (including phenoxy) is 1. The van der Waals surface area contributed by atoms with Crippen LogP contribution in [0.2, 0.25) is 0 Å². The molecule has 0 saturated heterocycles. The number of alkyl halides is 3. The lowest BCUT2D eigenvalue weighted by Crippen LogP contribution is -2.52. The van der Waals surface area contributed by atoms with E-state index in [0.717, 1.165) is 29.7 Å². The second-order valence-corrected chi connectivity index (χ2v) is 11.0. The highest BCUT2D eigenvalue weighted by Crippen LogP contribution is 2.23. The third-order valence-corrected chi connectivity index (χ3v) is 6.97. The van der Waals surface area contributed by atoms with Crippen LogP contribution in [0.3, 0.4) is 0 Å². The minimum atomic E-state index is -4.84. The van der Waals surface area contributed by atoms with E-state index in [1.807, 2.05) is 60.7 Å². The lowest BCUT2D eigenvalue weighted by Gasteiger charge is -2.26. The van der Waals surface area contributed by atoms with E-state index in [9.17, 15) is 27.6 Å². The second-order valence-electron chi connectivity index (χ2n) is 11.0. The molecule has 0 aliphatic heterocycles. The molecule has 0 heterocycles. The average Bonchev–Trinajstić information content (AvgIpc) is 2.96. The van der Waals surface area contributed by atoms with Gasteiger partial charge in [-0.3, -0.25) is 14.4 Å². The molecule has 0 radical (unpaired) electrons. The van der Waals surface area contributed by atoms with Gasteiger partial charge in [0.15, 0.2) is 0 Å². The lowest BCUT2D eigenvalue weighted by atomic mass is 9.98. The van der Waals surface area contributed by atoms with Crippen LogP contribution in [0.5, 0.6) is 5.75 Å². The van der Waals surface area contributed by atoms with Crippen molar-refractivity contribution in [2.75, 3.05) is 6.54 Å². The maximum absolute atomic E-state index is 13.4. The molecule has 0 fully saturated rings. The topological polar surface area (TPSA) is 96.5 Å². The first-order valence-corrected chi connectivity index (χ1v) is 14.8. The van der Waals surface area contributed by atoms with Crippen LogP contribution >= 0.6 is 0 Å². The van der Waals surface area contributed by atoms with Gasteiger partial charge in [0, 0.05) is 19.0 Å². The van der Waals surface area contributed by atoms with E-state index in [-0.39, 0.29) is 30.2 Å². The average molecular weight is 612 g/mol. The Balaban J connectivity index is 1.56. The molecule has 3 aromatic rings. The maximum Gasteiger partial charge on any atom is 0.573 e.